The van der Waals surface area contributed by atoms with Gasteiger partial charge in [0.25, 0.3) is 0 Å². The topological polar surface area (TPSA) is 101 Å². The summed E-state index contributed by atoms with van der Waals surface area (Å²) in [5.74, 6) is 0.451. The number of carbonyl (C=O) groups is 2. The Morgan fingerprint density at radius 2 is 2.06 bits per heavy atom. The van der Waals surface area contributed by atoms with E-state index in [1.165, 1.54) is 0 Å². The number of hydrogen-bond donors (Lipinski definition) is 1. The molecule has 5 aliphatic rings. The van der Waals surface area contributed by atoms with E-state index in [1.54, 1.807) is 4.90 Å². The molecule has 1 aromatic carbocycles. The van der Waals surface area contributed by atoms with Crippen LogP contribution in [0.15, 0.2) is 30.3 Å². The summed E-state index contributed by atoms with van der Waals surface area (Å²) in [6, 6.07) is 11.7. The van der Waals surface area contributed by atoms with Crippen LogP contribution in [0.25, 0.3) is 0 Å². The van der Waals surface area contributed by atoms with E-state index < -0.39 is 19.2 Å². The van der Waals surface area contributed by atoms with E-state index in [9.17, 15) is 9.59 Å². The second kappa shape index (κ2) is 9.72. The van der Waals surface area contributed by atoms with Crippen molar-refractivity contribution in [3.8, 4) is 6.07 Å². The maximum absolute atomic E-state index is 12.9. The van der Waals surface area contributed by atoms with Gasteiger partial charge in [0.15, 0.2) is 0 Å². The molecule has 5 fully saturated rings. The molecule has 3 saturated carbocycles. The second-order valence-electron chi connectivity index (χ2n) is 11.6. The van der Waals surface area contributed by atoms with Crippen LogP contribution in [0.1, 0.15) is 58.4 Å². The monoisotopic (exact) mass is 493 g/mol. The molecule has 36 heavy (non-hydrogen) atoms. The molecule has 0 aromatic heterocycles. The summed E-state index contributed by atoms with van der Waals surface area (Å²) in [7, 11) is -0.567. The van der Waals surface area contributed by atoms with Crippen molar-refractivity contribution in [1.82, 2.24) is 10.2 Å². The molecule has 2 bridgehead atoms. The Bertz CT molecular complexity index is 1030. The molecule has 3 aliphatic carbocycles. The highest BCUT2D eigenvalue weighted by atomic mass is 16.7. The minimum absolute atomic E-state index is 0.0218. The lowest BCUT2D eigenvalue weighted by molar-refractivity contribution is -0.199. The molecule has 9 heteroatoms. The van der Waals surface area contributed by atoms with E-state index in [0.29, 0.717) is 24.8 Å². The average Bonchev–Trinajstić information content (AvgIpc) is 3.46. The Balaban J connectivity index is 1.25. The zero-order valence-corrected chi connectivity index (χ0v) is 21.4. The van der Waals surface area contributed by atoms with Crippen LogP contribution in [-0.4, -0.2) is 60.9 Å². The third-order valence-corrected chi connectivity index (χ3v) is 9.23. The van der Waals surface area contributed by atoms with Gasteiger partial charge in [0, 0.05) is 6.54 Å². The van der Waals surface area contributed by atoms with E-state index >= 15 is 0 Å². The molecule has 1 aromatic rings. The largest absolute Gasteiger partial charge is 0.482 e. The summed E-state index contributed by atoms with van der Waals surface area (Å²) >= 11 is 0. The normalized spacial score (nSPS) is 32.7. The number of rotatable bonds is 7. The Hall–Kier alpha value is -2.57. The van der Waals surface area contributed by atoms with E-state index in [2.05, 4.69) is 26.1 Å². The maximum atomic E-state index is 12.9. The number of nitrogens with zero attached hydrogens (tertiary/aromatic N) is 2. The van der Waals surface area contributed by atoms with E-state index in [-0.39, 0.29) is 42.1 Å². The lowest BCUT2D eigenvalue weighted by Crippen LogP contribution is -2.65. The fourth-order valence-electron chi connectivity index (χ4n) is 7.03. The van der Waals surface area contributed by atoms with Gasteiger partial charge in [-0.1, -0.05) is 44.2 Å². The van der Waals surface area contributed by atoms with Crippen molar-refractivity contribution in [1.29, 1.82) is 5.26 Å². The molecular formula is C27H36BN3O5. The number of benzene rings is 1. The summed E-state index contributed by atoms with van der Waals surface area (Å²) in [5.41, 5.74) is 0.944. The number of nitriles is 1. The zero-order chi connectivity index (χ0) is 25.5. The number of amides is 2. The van der Waals surface area contributed by atoms with Crippen molar-refractivity contribution >= 4 is 19.1 Å². The summed E-state index contributed by atoms with van der Waals surface area (Å²) < 4.78 is 18.7. The van der Waals surface area contributed by atoms with Gasteiger partial charge < -0.3 is 24.3 Å². The molecule has 0 spiro atoms. The quantitative estimate of drug-likeness (QED) is 0.584. The van der Waals surface area contributed by atoms with E-state index in [1.807, 2.05) is 36.4 Å². The first-order valence-corrected chi connectivity index (χ1v) is 13.2. The smallest absolute Gasteiger partial charge is 0.447 e. The van der Waals surface area contributed by atoms with Crippen molar-refractivity contribution in [2.75, 3.05) is 13.2 Å². The molecule has 1 N–H and O–H groups in total. The molecule has 0 unspecified atom stereocenters. The number of carbonyl (C=O) groups excluding carboxylic acids is 2. The lowest BCUT2D eigenvalue weighted by Gasteiger charge is -2.64. The Labute approximate surface area is 213 Å². The Morgan fingerprint density at radius 3 is 2.78 bits per heavy atom. The molecule has 6 atom stereocenters. The first kappa shape index (κ1) is 25.1. The van der Waals surface area contributed by atoms with Crippen LogP contribution in [0.4, 0.5) is 4.79 Å². The molecular weight excluding hydrogens is 457 g/mol. The number of alkyl carbamates (subject to hydrolysis) is 1. The van der Waals surface area contributed by atoms with Gasteiger partial charge in [0.2, 0.25) is 5.91 Å². The van der Waals surface area contributed by atoms with Crippen molar-refractivity contribution in [3.63, 3.8) is 0 Å². The standard InChI is InChI=1S/C27H36BN3O5/c1-26(2)19-15-21(26)27(3)22(16-19)35-28(36-27)23(14-18-8-5-4-6-9-18)30-25(33)34-17-20-10-7-13-31(20)24(32)11-12-29/h4-6,8-9,19-23H,7,10-11,13-17H2,1-3H3,(H,30,33)/t19-,20+,21-,22+,23-,27-/m0/s1. The molecule has 2 heterocycles. The summed E-state index contributed by atoms with van der Waals surface area (Å²) in [6.07, 6.45) is 3.61. The van der Waals surface area contributed by atoms with E-state index in [4.69, 9.17) is 19.3 Å². The number of hydrogen-bond acceptors (Lipinski definition) is 6. The molecule has 8 nitrogen and oxygen atoms in total. The van der Waals surface area contributed by atoms with Crippen molar-refractivity contribution < 1.29 is 23.6 Å². The van der Waals surface area contributed by atoms with Crippen LogP contribution < -0.4 is 5.32 Å². The van der Waals surface area contributed by atoms with Gasteiger partial charge in [0.05, 0.1) is 29.8 Å². The third-order valence-electron chi connectivity index (χ3n) is 9.23. The fourth-order valence-corrected chi connectivity index (χ4v) is 7.03. The SMILES string of the molecule is CC1(C)[C@@H]2C[C@H]3OB([C@H](Cc4ccccc4)NC(=O)OC[C@H]4CCCN4C(=O)CC#N)O[C@@]3(C)[C@H]1C2. The van der Waals surface area contributed by atoms with Gasteiger partial charge in [-0.15, -0.1) is 0 Å². The van der Waals surface area contributed by atoms with Gasteiger partial charge in [-0.2, -0.15) is 5.26 Å². The van der Waals surface area contributed by atoms with Gasteiger partial charge in [-0.05, 0) is 61.8 Å². The van der Waals surface area contributed by atoms with Crippen molar-refractivity contribution in [3.05, 3.63) is 35.9 Å². The Morgan fingerprint density at radius 1 is 1.28 bits per heavy atom. The van der Waals surface area contributed by atoms with Gasteiger partial charge in [-0.3, -0.25) is 4.79 Å². The highest BCUT2D eigenvalue weighted by Gasteiger charge is 2.68. The summed E-state index contributed by atoms with van der Waals surface area (Å²) in [5, 5.41) is 11.9. The Kier molecular flexibility index (Phi) is 6.77. The predicted octanol–water partition coefficient (Wildman–Crippen LogP) is 3.50. The number of ether oxygens (including phenoxy) is 1. The highest BCUT2D eigenvalue weighted by Crippen LogP contribution is 2.65. The fraction of sp³-hybridized carbons (Fsp3) is 0.667. The van der Waals surface area contributed by atoms with Crippen LogP contribution in [-0.2, 0) is 25.3 Å². The lowest BCUT2D eigenvalue weighted by atomic mass is 9.43. The summed E-state index contributed by atoms with van der Waals surface area (Å²) in [4.78, 5) is 26.8. The second-order valence-corrected chi connectivity index (χ2v) is 11.6. The molecule has 2 aliphatic heterocycles. The number of likely N-dealkylation sites (tertiary alicyclic amines) is 1. The number of nitrogens with one attached hydrogen (secondary N) is 1. The van der Waals surface area contributed by atoms with Crippen LogP contribution in [0.5, 0.6) is 0 Å². The first-order chi connectivity index (χ1) is 17.2. The van der Waals surface area contributed by atoms with E-state index in [0.717, 1.165) is 31.2 Å². The average molecular weight is 493 g/mol. The van der Waals surface area contributed by atoms with Crippen LogP contribution in [0.3, 0.4) is 0 Å². The van der Waals surface area contributed by atoms with Crippen LogP contribution in [0, 0.1) is 28.6 Å². The van der Waals surface area contributed by atoms with Crippen molar-refractivity contribution in [2.45, 2.75) is 83.0 Å². The predicted molar refractivity (Wildman–Crippen MR) is 133 cm³/mol. The minimum Gasteiger partial charge on any atom is -0.447 e. The highest BCUT2D eigenvalue weighted by molar-refractivity contribution is 6.47. The van der Waals surface area contributed by atoms with Crippen molar-refractivity contribution in [2.24, 2.45) is 17.3 Å². The maximum Gasteiger partial charge on any atom is 0.482 e. The summed E-state index contributed by atoms with van der Waals surface area (Å²) in [6.45, 7) is 7.52. The first-order valence-electron chi connectivity index (χ1n) is 13.2. The van der Waals surface area contributed by atoms with Crippen LogP contribution >= 0.6 is 0 Å². The zero-order valence-electron chi connectivity index (χ0n) is 21.4. The molecule has 6 rings (SSSR count). The van der Waals surface area contributed by atoms with Gasteiger partial charge >= 0.3 is 13.2 Å². The molecule has 2 amide bonds. The minimum atomic E-state index is -0.567. The van der Waals surface area contributed by atoms with Gasteiger partial charge in [0.1, 0.15) is 13.0 Å². The molecule has 2 saturated heterocycles. The van der Waals surface area contributed by atoms with Gasteiger partial charge in [-0.25, -0.2) is 4.79 Å². The third kappa shape index (κ3) is 4.50. The van der Waals surface area contributed by atoms with Crippen LogP contribution in [0.2, 0.25) is 0 Å². The molecule has 192 valence electrons. The molecule has 0 radical (unpaired) electrons.